The predicted molar refractivity (Wildman–Crippen MR) is 50.7 cm³/mol. The van der Waals surface area contributed by atoms with Crippen LogP contribution in [0.2, 0.25) is 0 Å². The van der Waals surface area contributed by atoms with E-state index in [1.165, 1.54) is 11.3 Å². The van der Waals surface area contributed by atoms with Crippen molar-refractivity contribution >= 4 is 11.9 Å². The van der Waals surface area contributed by atoms with E-state index >= 15 is 0 Å². The largest absolute Gasteiger partial charge is 0.386 e. The molecule has 0 saturated heterocycles. The molecule has 1 aliphatic carbocycles. The van der Waals surface area contributed by atoms with E-state index in [4.69, 9.17) is 11.1 Å². The number of amidine groups is 1. The van der Waals surface area contributed by atoms with Crippen molar-refractivity contribution in [2.45, 2.75) is 25.3 Å². The number of urea groups is 1. The molecule has 1 rings (SSSR count). The maximum absolute atomic E-state index is 11.3. The number of nitrogens with one attached hydrogen (secondary N) is 2. The molecule has 0 bridgehead atoms. The van der Waals surface area contributed by atoms with Gasteiger partial charge in [0.15, 0.2) is 0 Å². The van der Waals surface area contributed by atoms with Gasteiger partial charge >= 0.3 is 6.03 Å². The fourth-order valence-corrected chi connectivity index (χ4v) is 1.16. The summed E-state index contributed by atoms with van der Waals surface area (Å²) in [5.41, 5.74) is 5.17. The zero-order valence-electron chi connectivity index (χ0n) is 7.84. The number of likely N-dealkylation sites (N-methyl/N-ethyl adjacent to an activating group) is 1. The Morgan fingerprint density at radius 2 is 2.31 bits per heavy atom. The van der Waals surface area contributed by atoms with Gasteiger partial charge in [-0.1, -0.05) is 0 Å². The average Bonchev–Trinajstić information content (AvgIpc) is 1.94. The molecule has 0 atom stereocenters. The van der Waals surface area contributed by atoms with Crippen LogP contribution in [0, 0.1) is 5.41 Å². The van der Waals surface area contributed by atoms with Crippen LogP contribution in [0.15, 0.2) is 0 Å². The number of hydrogen-bond donors (Lipinski definition) is 3. The van der Waals surface area contributed by atoms with Crippen molar-refractivity contribution < 1.29 is 4.79 Å². The van der Waals surface area contributed by atoms with Gasteiger partial charge in [-0.2, -0.15) is 0 Å². The number of nitrogens with two attached hydrogens (primary N) is 1. The van der Waals surface area contributed by atoms with Crippen LogP contribution in [-0.2, 0) is 0 Å². The highest BCUT2D eigenvalue weighted by molar-refractivity contribution is 5.84. The molecule has 0 aromatic heterocycles. The smallest absolute Gasteiger partial charge is 0.317 e. The number of amides is 2. The predicted octanol–water partition coefficient (Wildman–Crippen LogP) is 0.116. The normalized spacial score (nSPS) is 16.1. The highest BCUT2D eigenvalue weighted by Crippen LogP contribution is 2.17. The van der Waals surface area contributed by atoms with Crippen LogP contribution < -0.4 is 11.1 Å². The van der Waals surface area contributed by atoms with Crippen LogP contribution in [0.1, 0.15) is 19.3 Å². The summed E-state index contributed by atoms with van der Waals surface area (Å²) in [5.74, 6) is 0.00580. The second-order valence-electron chi connectivity index (χ2n) is 3.46. The molecule has 0 aromatic rings. The maximum Gasteiger partial charge on any atom is 0.317 e. The fraction of sp³-hybridized carbons (Fsp3) is 0.750. The lowest BCUT2D eigenvalue weighted by Crippen LogP contribution is -2.47. The first-order chi connectivity index (χ1) is 6.09. The lowest BCUT2D eigenvalue weighted by molar-refractivity contribution is 0.202. The minimum atomic E-state index is -0.139. The molecule has 5 nitrogen and oxygen atoms in total. The second kappa shape index (κ2) is 4.11. The SMILES string of the molecule is CN(CC(=N)N)C(=O)NC1CCC1. The summed E-state index contributed by atoms with van der Waals surface area (Å²) in [7, 11) is 1.63. The van der Waals surface area contributed by atoms with Crippen molar-refractivity contribution in [3.05, 3.63) is 0 Å². The third-order valence-corrected chi connectivity index (χ3v) is 2.19. The first-order valence-electron chi connectivity index (χ1n) is 4.44. The molecule has 0 aliphatic heterocycles. The van der Waals surface area contributed by atoms with E-state index in [9.17, 15) is 4.79 Å². The van der Waals surface area contributed by atoms with Crippen molar-refractivity contribution in [2.24, 2.45) is 5.73 Å². The summed E-state index contributed by atoms with van der Waals surface area (Å²) in [6.45, 7) is 0.193. The van der Waals surface area contributed by atoms with Crippen LogP contribution in [0.5, 0.6) is 0 Å². The van der Waals surface area contributed by atoms with Gasteiger partial charge in [0, 0.05) is 13.1 Å². The third kappa shape index (κ3) is 2.93. The molecular weight excluding hydrogens is 168 g/mol. The summed E-state index contributed by atoms with van der Waals surface area (Å²) in [6.07, 6.45) is 3.33. The Labute approximate surface area is 77.8 Å². The Kier molecular flexibility index (Phi) is 3.11. The number of hydrogen-bond acceptors (Lipinski definition) is 2. The Balaban J connectivity index is 2.24. The van der Waals surface area contributed by atoms with E-state index in [0.29, 0.717) is 6.04 Å². The van der Waals surface area contributed by atoms with E-state index < -0.39 is 0 Å². The third-order valence-electron chi connectivity index (χ3n) is 2.19. The van der Waals surface area contributed by atoms with Gasteiger partial charge in [-0.15, -0.1) is 0 Å². The standard InChI is InChI=1S/C8H16N4O/c1-12(5-7(9)10)8(13)11-6-3-2-4-6/h6H,2-5H2,1H3,(H3,9,10)(H,11,13). The molecule has 0 radical (unpaired) electrons. The summed E-state index contributed by atoms with van der Waals surface area (Å²) >= 11 is 0. The highest BCUT2D eigenvalue weighted by atomic mass is 16.2. The summed E-state index contributed by atoms with van der Waals surface area (Å²) < 4.78 is 0. The van der Waals surface area contributed by atoms with Gasteiger partial charge < -0.3 is 16.0 Å². The zero-order chi connectivity index (χ0) is 9.84. The first-order valence-corrected chi connectivity index (χ1v) is 4.44. The first kappa shape index (κ1) is 9.83. The molecule has 1 aliphatic rings. The summed E-state index contributed by atoms with van der Waals surface area (Å²) in [4.78, 5) is 12.8. The molecule has 0 aromatic carbocycles. The molecule has 2 amide bonds. The van der Waals surface area contributed by atoms with Crippen molar-refractivity contribution in [2.75, 3.05) is 13.6 Å². The van der Waals surface area contributed by atoms with E-state index in [0.717, 1.165) is 12.8 Å². The van der Waals surface area contributed by atoms with Gasteiger partial charge in [-0.25, -0.2) is 4.79 Å². The van der Waals surface area contributed by atoms with Crippen molar-refractivity contribution in [3.8, 4) is 0 Å². The van der Waals surface area contributed by atoms with E-state index in [2.05, 4.69) is 5.32 Å². The Hall–Kier alpha value is -1.26. The van der Waals surface area contributed by atoms with Gasteiger partial charge in [0.05, 0.1) is 6.54 Å². The van der Waals surface area contributed by atoms with Crippen LogP contribution >= 0.6 is 0 Å². The lowest BCUT2D eigenvalue weighted by Gasteiger charge is -2.28. The lowest BCUT2D eigenvalue weighted by atomic mass is 9.93. The quantitative estimate of drug-likeness (QED) is 0.430. The fourth-order valence-electron chi connectivity index (χ4n) is 1.16. The Bertz CT molecular complexity index is 212. The van der Waals surface area contributed by atoms with Gasteiger partial charge in [0.25, 0.3) is 0 Å². The number of carbonyl (C=O) groups excluding carboxylic acids is 1. The molecule has 13 heavy (non-hydrogen) atoms. The molecule has 1 saturated carbocycles. The number of carbonyl (C=O) groups is 1. The average molecular weight is 184 g/mol. The van der Waals surface area contributed by atoms with Crippen LogP contribution in [0.25, 0.3) is 0 Å². The number of nitrogens with zero attached hydrogens (tertiary/aromatic N) is 1. The Morgan fingerprint density at radius 3 is 2.69 bits per heavy atom. The Morgan fingerprint density at radius 1 is 1.69 bits per heavy atom. The van der Waals surface area contributed by atoms with Gasteiger partial charge in [0.1, 0.15) is 5.84 Å². The van der Waals surface area contributed by atoms with E-state index in [1.807, 2.05) is 0 Å². The number of rotatable bonds is 3. The van der Waals surface area contributed by atoms with E-state index in [1.54, 1.807) is 7.05 Å². The van der Waals surface area contributed by atoms with E-state index in [-0.39, 0.29) is 18.4 Å². The maximum atomic E-state index is 11.3. The molecule has 0 spiro atoms. The minimum absolute atomic E-state index is 0.00580. The summed E-state index contributed by atoms with van der Waals surface area (Å²) in [5, 5.41) is 9.87. The molecule has 0 heterocycles. The molecule has 4 N–H and O–H groups in total. The monoisotopic (exact) mass is 184 g/mol. The van der Waals surface area contributed by atoms with Crippen LogP contribution in [0.3, 0.4) is 0 Å². The molecule has 0 unspecified atom stereocenters. The molecule has 74 valence electrons. The molecule has 1 fully saturated rings. The van der Waals surface area contributed by atoms with Crippen LogP contribution in [0.4, 0.5) is 4.79 Å². The van der Waals surface area contributed by atoms with Gasteiger partial charge in [-0.3, -0.25) is 5.41 Å². The molecular formula is C8H16N4O. The van der Waals surface area contributed by atoms with Crippen molar-refractivity contribution in [1.82, 2.24) is 10.2 Å². The summed E-state index contributed by atoms with van der Waals surface area (Å²) in [6, 6.07) is 0.196. The second-order valence-corrected chi connectivity index (χ2v) is 3.46. The van der Waals surface area contributed by atoms with Crippen molar-refractivity contribution in [3.63, 3.8) is 0 Å². The topological polar surface area (TPSA) is 82.2 Å². The molecule has 5 heteroatoms. The van der Waals surface area contributed by atoms with Crippen molar-refractivity contribution in [1.29, 1.82) is 5.41 Å². The van der Waals surface area contributed by atoms with Gasteiger partial charge in [-0.05, 0) is 19.3 Å². The minimum Gasteiger partial charge on any atom is -0.386 e. The zero-order valence-corrected chi connectivity index (χ0v) is 7.84. The highest BCUT2D eigenvalue weighted by Gasteiger charge is 2.20. The van der Waals surface area contributed by atoms with Gasteiger partial charge in [0.2, 0.25) is 0 Å². The van der Waals surface area contributed by atoms with Crippen LogP contribution in [-0.4, -0.2) is 36.4 Å².